The molecule has 0 radical (unpaired) electrons. The third-order valence-electron chi connectivity index (χ3n) is 6.47. The molecule has 4 aromatic carbocycles. The number of carbonyl (C=O) groups excluding carboxylic acids is 1. The van der Waals surface area contributed by atoms with Crippen molar-refractivity contribution < 1.29 is 9.53 Å². The van der Waals surface area contributed by atoms with E-state index in [2.05, 4.69) is 45.6 Å². The lowest BCUT2D eigenvalue weighted by molar-refractivity contribution is -0.122. The van der Waals surface area contributed by atoms with E-state index in [1.807, 2.05) is 91.9 Å². The molecule has 2 atom stereocenters. The molecule has 6 heteroatoms. The first-order chi connectivity index (χ1) is 18.2. The molecule has 4 aromatic rings. The molecule has 2 unspecified atom stereocenters. The second kappa shape index (κ2) is 11.6. The van der Waals surface area contributed by atoms with Crippen molar-refractivity contribution in [3.05, 3.63) is 126 Å². The molecule has 0 aromatic heterocycles. The average molecular weight is 491 g/mol. The lowest BCUT2D eigenvalue weighted by Gasteiger charge is -2.12. The minimum atomic E-state index is -0.393. The van der Waals surface area contributed by atoms with E-state index in [4.69, 9.17) is 4.74 Å². The van der Waals surface area contributed by atoms with Crippen LogP contribution in [-0.2, 0) is 11.4 Å². The molecule has 37 heavy (non-hydrogen) atoms. The topological polar surface area (TPSA) is 74.8 Å². The maximum absolute atomic E-state index is 12.8. The highest BCUT2D eigenvalue weighted by Gasteiger charge is 2.30. The van der Waals surface area contributed by atoms with E-state index >= 15 is 0 Å². The number of hydrazine groups is 1. The van der Waals surface area contributed by atoms with Crippen LogP contribution in [-0.4, -0.2) is 17.7 Å². The molecule has 5 rings (SSSR count). The van der Waals surface area contributed by atoms with Crippen LogP contribution in [0, 0.1) is 0 Å². The molecule has 1 fully saturated rings. The predicted octanol–water partition coefficient (Wildman–Crippen LogP) is 5.38. The first kappa shape index (κ1) is 24.4. The molecule has 1 amide bonds. The van der Waals surface area contributed by atoms with Crippen LogP contribution in [0.3, 0.4) is 0 Å². The molecule has 0 bridgehead atoms. The van der Waals surface area contributed by atoms with Crippen molar-refractivity contribution in [3.8, 4) is 16.9 Å². The highest BCUT2D eigenvalue weighted by Crippen LogP contribution is 2.26. The summed E-state index contributed by atoms with van der Waals surface area (Å²) in [6.45, 7) is 2.40. The van der Waals surface area contributed by atoms with Crippen molar-refractivity contribution >= 4 is 11.6 Å². The highest BCUT2D eigenvalue weighted by molar-refractivity contribution is 5.99. The van der Waals surface area contributed by atoms with Gasteiger partial charge in [-0.15, -0.1) is 0 Å². The standard InChI is InChI=1S/C31H30N4O2/c1-22(24-15-17-26(18-16-24)25-11-6-3-7-12-25)32-35-31(36)30-20-29(33-34-30)27-13-8-14-28(19-27)37-21-23-9-4-2-5-10-23/h2-19,29-30,33-34H,20-21H2,1H3,(H,35,36)/b32-22-. The predicted molar refractivity (Wildman–Crippen MR) is 147 cm³/mol. The first-order valence-electron chi connectivity index (χ1n) is 12.4. The number of ether oxygens (including phenoxy) is 1. The maximum atomic E-state index is 12.8. The van der Waals surface area contributed by atoms with Crippen LogP contribution in [0.4, 0.5) is 0 Å². The Morgan fingerprint density at radius 1 is 0.865 bits per heavy atom. The van der Waals surface area contributed by atoms with E-state index in [1.54, 1.807) is 0 Å². The lowest BCUT2D eigenvalue weighted by Crippen LogP contribution is -2.41. The summed E-state index contributed by atoms with van der Waals surface area (Å²) in [5.41, 5.74) is 15.2. The van der Waals surface area contributed by atoms with Crippen LogP contribution >= 0.6 is 0 Å². The normalized spacial score (nSPS) is 17.4. The number of rotatable bonds is 8. The molecular weight excluding hydrogens is 460 g/mol. The summed E-state index contributed by atoms with van der Waals surface area (Å²) in [4.78, 5) is 12.8. The minimum absolute atomic E-state index is 0.00775. The fraction of sp³-hybridized carbons (Fsp3) is 0.161. The maximum Gasteiger partial charge on any atom is 0.258 e. The van der Waals surface area contributed by atoms with E-state index < -0.39 is 6.04 Å². The number of benzene rings is 4. The van der Waals surface area contributed by atoms with Crippen molar-refractivity contribution in [1.82, 2.24) is 16.3 Å². The molecule has 1 heterocycles. The van der Waals surface area contributed by atoms with Crippen molar-refractivity contribution in [2.24, 2.45) is 5.10 Å². The van der Waals surface area contributed by atoms with Gasteiger partial charge in [0.1, 0.15) is 18.4 Å². The molecule has 0 spiro atoms. The van der Waals surface area contributed by atoms with Crippen LogP contribution < -0.4 is 21.0 Å². The van der Waals surface area contributed by atoms with Crippen LogP contribution in [0.15, 0.2) is 114 Å². The number of hydrazone groups is 1. The van der Waals surface area contributed by atoms with Crippen LogP contribution in [0.5, 0.6) is 5.75 Å². The Balaban J connectivity index is 1.15. The summed E-state index contributed by atoms with van der Waals surface area (Å²) in [6, 6.07) is 36.0. The number of hydrogen-bond acceptors (Lipinski definition) is 5. The highest BCUT2D eigenvalue weighted by atomic mass is 16.5. The van der Waals surface area contributed by atoms with Crippen molar-refractivity contribution in [2.45, 2.75) is 32.0 Å². The Labute approximate surface area is 217 Å². The second-order valence-corrected chi connectivity index (χ2v) is 9.09. The Morgan fingerprint density at radius 2 is 1.57 bits per heavy atom. The number of carbonyl (C=O) groups is 1. The summed E-state index contributed by atoms with van der Waals surface area (Å²) in [5.74, 6) is 0.626. The number of amides is 1. The Bertz CT molecular complexity index is 1360. The van der Waals surface area contributed by atoms with E-state index in [1.165, 1.54) is 5.56 Å². The zero-order valence-corrected chi connectivity index (χ0v) is 20.7. The average Bonchev–Trinajstić information content (AvgIpc) is 3.47. The summed E-state index contributed by atoms with van der Waals surface area (Å²) >= 11 is 0. The first-order valence-corrected chi connectivity index (χ1v) is 12.4. The summed E-state index contributed by atoms with van der Waals surface area (Å²) < 4.78 is 5.96. The van der Waals surface area contributed by atoms with Crippen LogP contribution in [0.1, 0.15) is 36.1 Å². The largest absolute Gasteiger partial charge is 0.489 e. The molecular formula is C31H30N4O2. The van der Waals surface area contributed by atoms with E-state index in [9.17, 15) is 4.79 Å². The minimum Gasteiger partial charge on any atom is -0.489 e. The van der Waals surface area contributed by atoms with Gasteiger partial charge in [-0.05, 0) is 53.3 Å². The van der Waals surface area contributed by atoms with E-state index in [-0.39, 0.29) is 11.9 Å². The van der Waals surface area contributed by atoms with Gasteiger partial charge in [-0.3, -0.25) is 4.79 Å². The molecule has 186 valence electrons. The lowest BCUT2D eigenvalue weighted by atomic mass is 10.0. The number of nitrogens with one attached hydrogen (secondary N) is 3. The smallest absolute Gasteiger partial charge is 0.258 e. The van der Waals surface area contributed by atoms with Crippen LogP contribution in [0.25, 0.3) is 11.1 Å². The van der Waals surface area contributed by atoms with Gasteiger partial charge in [0.25, 0.3) is 5.91 Å². The van der Waals surface area contributed by atoms with Gasteiger partial charge in [0.15, 0.2) is 0 Å². The SMILES string of the molecule is C/C(=N/NC(=O)C1CC(c2cccc(OCc3ccccc3)c2)NN1)c1ccc(-c2ccccc2)cc1. The van der Waals surface area contributed by atoms with Gasteiger partial charge in [-0.1, -0.05) is 97.1 Å². The zero-order valence-electron chi connectivity index (χ0n) is 20.7. The third kappa shape index (κ3) is 6.30. The van der Waals surface area contributed by atoms with Gasteiger partial charge < -0.3 is 4.74 Å². The molecule has 1 aliphatic rings. The zero-order chi connectivity index (χ0) is 25.5. The van der Waals surface area contributed by atoms with Gasteiger partial charge in [-0.2, -0.15) is 5.10 Å². The quantitative estimate of drug-likeness (QED) is 0.229. The molecule has 0 aliphatic carbocycles. The van der Waals surface area contributed by atoms with Gasteiger partial charge in [0, 0.05) is 6.04 Å². The van der Waals surface area contributed by atoms with Gasteiger partial charge >= 0.3 is 0 Å². The Kier molecular flexibility index (Phi) is 7.69. The van der Waals surface area contributed by atoms with Crippen molar-refractivity contribution in [1.29, 1.82) is 0 Å². The Morgan fingerprint density at radius 3 is 2.32 bits per heavy atom. The molecule has 1 saturated heterocycles. The molecule has 6 nitrogen and oxygen atoms in total. The summed E-state index contributed by atoms with van der Waals surface area (Å²) in [5, 5.41) is 4.34. The second-order valence-electron chi connectivity index (χ2n) is 9.09. The van der Waals surface area contributed by atoms with E-state index in [0.29, 0.717) is 13.0 Å². The summed E-state index contributed by atoms with van der Waals surface area (Å²) in [6.07, 6.45) is 0.605. The fourth-order valence-corrected chi connectivity index (χ4v) is 4.32. The molecule has 1 aliphatic heterocycles. The third-order valence-corrected chi connectivity index (χ3v) is 6.47. The monoisotopic (exact) mass is 490 g/mol. The van der Waals surface area contributed by atoms with E-state index in [0.717, 1.165) is 33.7 Å². The Hall–Kier alpha value is -4.26. The fourth-order valence-electron chi connectivity index (χ4n) is 4.32. The van der Waals surface area contributed by atoms with Crippen molar-refractivity contribution in [3.63, 3.8) is 0 Å². The van der Waals surface area contributed by atoms with Gasteiger partial charge in [-0.25, -0.2) is 16.3 Å². The number of hydrogen-bond donors (Lipinski definition) is 3. The number of nitrogens with zero attached hydrogens (tertiary/aromatic N) is 1. The molecule has 0 saturated carbocycles. The van der Waals surface area contributed by atoms with Gasteiger partial charge in [0.05, 0.1) is 5.71 Å². The van der Waals surface area contributed by atoms with Crippen LogP contribution in [0.2, 0.25) is 0 Å². The summed E-state index contributed by atoms with van der Waals surface area (Å²) in [7, 11) is 0. The van der Waals surface area contributed by atoms with Gasteiger partial charge in [0.2, 0.25) is 0 Å². The van der Waals surface area contributed by atoms with Crippen molar-refractivity contribution in [2.75, 3.05) is 0 Å². The molecule has 3 N–H and O–H groups in total.